The van der Waals surface area contributed by atoms with E-state index >= 15 is 0 Å². The van der Waals surface area contributed by atoms with Crippen LogP contribution in [-0.2, 0) is 4.74 Å². The van der Waals surface area contributed by atoms with E-state index in [1.165, 1.54) is 32.1 Å². The number of hydrogen-bond donors (Lipinski definition) is 1. The van der Waals surface area contributed by atoms with Gasteiger partial charge in [0.05, 0.1) is 11.2 Å². The predicted octanol–water partition coefficient (Wildman–Crippen LogP) is 4.53. The zero-order chi connectivity index (χ0) is 14.5. The lowest BCUT2D eigenvalue weighted by Crippen LogP contribution is -2.43. The van der Waals surface area contributed by atoms with Crippen LogP contribution in [0.25, 0.3) is 0 Å². The maximum Gasteiger partial charge on any atom is 0.0787 e. The Morgan fingerprint density at radius 3 is 2.21 bits per heavy atom. The van der Waals surface area contributed by atoms with Gasteiger partial charge in [-0.2, -0.15) is 0 Å². The maximum atomic E-state index is 6.11. The van der Waals surface area contributed by atoms with Crippen molar-refractivity contribution < 1.29 is 4.74 Å². The second kappa shape index (κ2) is 7.08. The predicted molar refractivity (Wildman–Crippen MR) is 83.6 cm³/mol. The topological polar surface area (TPSA) is 21.3 Å². The van der Waals surface area contributed by atoms with E-state index in [-0.39, 0.29) is 11.2 Å². The van der Waals surface area contributed by atoms with E-state index in [1.807, 2.05) is 0 Å². The van der Waals surface area contributed by atoms with Crippen LogP contribution in [0.5, 0.6) is 0 Å². The summed E-state index contributed by atoms with van der Waals surface area (Å²) in [5.74, 6) is 0.858. The van der Waals surface area contributed by atoms with Crippen molar-refractivity contribution in [2.45, 2.75) is 97.3 Å². The quantitative estimate of drug-likeness (QED) is 0.654. The molecular weight excluding hydrogens is 234 g/mol. The van der Waals surface area contributed by atoms with Gasteiger partial charge in [-0.3, -0.25) is 0 Å². The summed E-state index contributed by atoms with van der Waals surface area (Å²) in [6, 6.07) is 0.498. The number of hydrogen-bond acceptors (Lipinski definition) is 2. The van der Waals surface area contributed by atoms with Gasteiger partial charge in [-0.05, 0) is 53.0 Å². The molecule has 1 rings (SSSR count). The molecule has 1 aliphatic heterocycles. The molecule has 0 aromatic heterocycles. The van der Waals surface area contributed by atoms with Crippen LogP contribution in [0.1, 0.15) is 80.1 Å². The van der Waals surface area contributed by atoms with E-state index in [9.17, 15) is 0 Å². The molecule has 1 aliphatic rings. The molecule has 2 heteroatoms. The average molecular weight is 269 g/mol. The minimum absolute atomic E-state index is 0.0262. The molecule has 0 aliphatic carbocycles. The summed E-state index contributed by atoms with van der Waals surface area (Å²) in [5, 5.41) is 3.70. The Bertz CT molecular complexity index is 258. The summed E-state index contributed by atoms with van der Waals surface area (Å²) in [4.78, 5) is 0. The van der Waals surface area contributed by atoms with Crippen LogP contribution in [0, 0.1) is 5.92 Å². The third kappa shape index (κ3) is 6.27. The van der Waals surface area contributed by atoms with Gasteiger partial charge in [0.2, 0.25) is 0 Å². The molecule has 1 heterocycles. The van der Waals surface area contributed by atoms with Gasteiger partial charge in [-0.15, -0.1) is 0 Å². The first-order valence-corrected chi connectivity index (χ1v) is 8.16. The summed E-state index contributed by atoms with van der Waals surface area (Å²) in [5.41, 5.74) is -0.000423. The van der Waals surface area contributed by atoms with Crippen LogP contribution >= 0.6 is 0 Å². The third-order valence-electron chi connectivity index (χ3n) is 4.17. The second-order valence-electron chi connectivity index (χ2n) is 7.77. The first-order valence-electron chi connectivity index (χ1n) is 8.16. The summed E-state index contributed by atoms with van der Waals surface area (Å²) in [6.45, 7) is 14.6. The van der Waals surface area contributed by atoms with Crippen molar-refractivity contribution in [3.05, 3.63) is 0 Å². The van der Waals surface area contributed by atoms with E-state index in [0.29, 0.717) is 6.04 Å². The summed E-state index contributed by atoms with van der Waals surface area (Å²) in [7, 11) is 0. The standard InChI is InChI=1S/C17H35NO/c1-14(2)11-9-7-8-10-12-18-15-13-16(3,4)19-17(15,5)6/h14-15,18H,7-13H2,1-6H3. The molecule has 0 spiro atoms. The maximum absolute atomic E-state index is 6.11. The van der Waals surface area contributed by atoms with E-state index in [4.69, 9.17) is 4.74 Å². The molecule has 1 saturated heterocycles. The molecule has 0 radical (unpaired) electrons. The van der Waals surface area contributed by atoms with Crippen molar-refractivity contribution in [1.82, 2.24) is 5.32 Å². The lowest BCUT2D eigenvalue weighted by molar-refractivity contribution is -0.0697. The normalized spacial score (nSPS) is 25.1. The molecule has 0 bridgehead atoms. The first-order chi connectivity index (χ1) is 8.73. The van der Waals surface area contributed by atoms with Gasteiger partial charge < -0.3 is 10.1 Å². The van der Waals surface area contributed by atoms with E-state index in [0.717, 1.165) is 18.9 Å². The highest BCUT2D eigenvalue weighted by atomic mass is 16.5. The van der Waals surface area contributed by atoms with Crippen LogP contribution in [-0.4, -0.2) is 23.8 Å². The first kappa shape index (κ1) is 17.0. The number of ether oxygens (including phenoxy) is 1. The van der Waals surface area contributed by atoms with Crippen LogP contribution in [0.4, 0.5) is 0 Å². The lowest BCUT2D eigenvalue weighted by atomic mass is 9.94. The Morgan fingerprint density at radius 1 is 1.05 bits per heavy atom. The fourth-order valence-electron chi connectivity index (χ4n) is 3.19. The zero-order valence-corrected chi connectivity index (χ0v) is 14.0. The summed E-state index contributed by atoms with van der Waals surface area (Å²) < 4.78 is 6.11. The summed E-state index contributed by atoms with van der Waals surface area (Å²) in [6.07, 6.45) is 7.93. The molecular formula is C17H35NO. The zero-order valence-electron chi connectivity index (χ0n) is 14.0. The Hall–Kier alpha value is -0.0800. The molecule has 114 valence electrons. The van der Waals surface area contributed by atoms with Crippen molar-refractivity contribution >= 4 is 0 Å². The third-order valence-corrected chi connectivity index (χ3v) is 4.17. The van der Waals surface area contributed by atoms with Gasteiger partial charge in [-0.1, -0.05) is 39.5 Å². The Morgan fingerprint density at radius 2 is 1.68 bits per heavy atom. The van der Waals surface area contributed by atoms with Crippen molar-refractivity contribution in [2.24, 2.45) is 5.92 Å². The summed E-state index contributed by atoms with van der Waals surface area (Å²) >= 11 is 0. The van der Waals surface area contributed by atoms with Gasteiger partial charge in [-0.25, -0.2) is 0 Å². The van der Waals surface area contributed by atoms with Crippen LogP contribution in [0.15, 0.2) is 0 Å². The molecule has 2 nitrogen and oxygen atoms in total. The Kier molecular flexibility index (Phi) is 6.32. The lowest BCUT2D eigenvalue weighted by Gasteiger charge is -2.27. The molecule has 1 unspecified atom stereocenters. The molecule has 0 aromatic rings. The van der Waals surface area contributed by atoms with Crippen LogP contribution in [0.2, 0.25) is 0 Å². The minimum Gasteiger partial charge on any atom is -0.368 e. The smallest absolute Gasteiger partial charge is 0.0787 e. The van der Waals surface area contributed by atoms with E-state index in [1.54, 1.807) is 0 Å². The molecule has 1 atom stereocenters. The van der Waals surface area contributed by atoms with Gasteiger partial charge in [0.25, 0.3) is 0 Å². The van der Waals surface area contributed by atoms with Crippen molar-refractivity contribution in [3.8, 4) is 0 Å². The van der Waals surface area contributed by atoms with Gasteiger partial charge >= 0.3 is 0 Å². The minimum atomic E-state index is -0.0266. The van der Waals surface area contributed by atoms with Crippen LogP contribution in [0.3, 0.4) is 0 Å². The van der Waals surface area contributed by atoms with Gasteiger partial charge in [0.1, 0.15) is 0 Å². The Balaban J connectivity index is 2.10. The molecule has 0 saturated carbocycles. The van der Waals surface area contributed by atoms with E-state index < -0.39 is 0 Å². The molecule has 0 amide bonds. The fraction of sp³-hybridized carbons (Fsp3) is 1.00. The molecule has 1 N–H and O–H groups in total. The number of unbranched alkanes of at least 4 members (excludes halogenated alkanes) is 3. The van der Waals surface area contributed by atoms with E-state index in [2.05, 4.69) is 46.9 Å². The number of nitrogens with one attached hydrogen (secondary N) is 1. The SMILES string of the molecule is CC(C)CCCCCCNC1CC(C)(C)OC1(C)C. The largest absolute Gasteiger partial charge is 0.368 e. The second-order valence-corrected chi connectivity index (χ2v) is 7.77. The van der Waals surface area contributed by atoms with Crippen molar-refractivity contribution in [2.75, 3.05) is 6.54 Å². The highest BCUT2D eigenvalue weighted by molar-refractivity contribution is 4.98. The molecule has 19 heavy (non-hydrogen) atoms. The monoisotopic (exact) mass is 269 g/mol. The molecule has 1 fully saturated rings. The van der Waals surface area contributed by atoms with Crippen LogP contribution < -0.4 is 5.32 Å². The fourth-order valence-corrected chi connectivity index (χ4v) is 3.19. The van der Waals surface area contributed by atoms with Gasteiger partial charge in [0, 0.05) is 6.04 Å². The number of rotatable bonds is 8. The van der Waals surface area contributed by atoms with Gasteiger partial charge in [0.15, 0.2) is 0 Å². The highest BCUT2D eigenvalue weighted by Crippen LogP contribution is 2.37. The van der Waals surface area contributed by atoms with Crippen molar-refractivity contribution in [3.63, 3.8) is 0 Å². The highest BCUT2D eigenvalue weighted by Gasteiger charge is 2.45. The Labute approximate surface area is 120 Å². The van der Waals surface area contributed by atoms with Crippen molar-refractivity contribution in [1.29, 1.82) is 0 Å². The average Bonchev–Trinajstić information content (AvgIpc) is 2.44. The molecule has 0 aromatic carbocycles.